The highest BCUT2D eigenvalue weighted by atomic mass is 19.1. The standard InChI is InChI=1S/C33H37F2N5O4/c1-22-31(38-14-12-37(13-15-38)19-23-16-25(43-2)18-26(17-23)44-3)32(41)40(21-30(36)24-8-5-4-6-9-24)33(42)39(22)20-27-28(34)10-7-11-29(27)35/h4-11,16-18,30H,12-15,19-21,36H2,1-3H3. The van der Waals surface area contributed by atoms with Crippen molar-refractivity contribution in [2.75, 3.05) is 45.3 Å². The number of benzene rings is 3. The molecule has 1 aliphatic heterocycles. The van der Waals surface area contributed by atoms with E-state index in [2.05, 4.69) is 4.90 Å². The van der Waals surface area contributed by atoms with E-state index in [-0.39, 0.29) is 18.7 Å². The highest BCUT2D eigenvalue weighted by molar-refractivity contribution is 5.50. The minimum atomic E-state index is -0.764. The molecule has 0 amide bonds. The molecule has 0 bridgehead atoms. The molecule has 4 aromatic rings. The molecular weight excluding hydrogens is 568 g/mol. The summed E-state index contributed by atoms with van der Waals surface area (Å²) in [6.07, 6.45) is 0. The second-order valence-corrected chi connectivity index (χ2v) is 10.9. The summed E-state index contributed by atoms with van der Waals surface area (Å²) in [6, 6.07) is 17.9. The van der Waals surface area contributed by atoms with Crippen molar-refractivity contribution >= 4 is 5.69 Å². The molecule has 3 aromatic carbocycles. The molecule has 0 aliphatic carbocycles. The Labute approximate surface area is 254 Å². The summed E-state index contributed by atoms with van der Waals surface area (Å²) in [5, 5.41) is 0. The van der Waals surface area contributed by atoms with Crippen LogP contribution < -0.4 is 31.4 Å². The van der Waals surface area contributed by atoms with Crippen LogP contribution in [0.1, 0.15) is 28.4 Å². The second-order valence-electron chi connectivity index (χ2n) is 10.9. The Morgan fingerprint density at radius 2 is 1.43 bits per heavy atom. The molecule has 1 unspecified atom stereocenters. The van der Waals surface area contributed by atoms with E-state index in [4.69, 9.17) is 15.2 Å². The van der Waals surface area contributed by atoms with Crippen molar-refractivity contribution in [1.29, 1.82) is 0 Å². The van der Waals surface area contributed by atoms with E-state index in [9.17, 15) is 18.4 Å². The number of nitrogens with two attached hydrogens (primary N) is 1. The maximum atomic E-state index is 14.7. The Balaban J connectivity index is 1.47. The first kappa shape index (κ1) is 31.0. The van der Waals surface area contributed by atoms with E-state index in [0.717, 1.165) is 27.8 Å². The van der Waals surface area contributed by atoms with E-state index in [1.165, 1.54) is 10.6 Å². The lowest BCUT2D eigenvalue weighted by Gasteiger charge is -2.37. The van der Waals surface area contributed by atoms with Gasteiger partial charge in [-0.2, -0.15) is 0 Å². The van der Waals surface area contributed by atoms with E-state index in [1.807, 2.05) is 53.4 Å². The molecule has 0 saturated carbocycles. The average Bonchev–Trinajstić information content (AvgIpc) is 3.03. The van der Waals surface area contributed by atoms with E-state index in [1.54, 1.807) is 21.1 Å². The van der Waals surface area contributed by atoms with Gasteiger partial charge in [0.05, 0.1) is 27.3 Å². The van der Waals surface area contributed by atoms with Gasteiger partial charge in [-0.05, 0) is 42.3 Å². The number of piperazine rings is 1. The minimum Gasteiger partial charge on any atom is -0.497 e. The lowest BCUT2D eigenvalue weighted by molar-refractivity contribution is 0.248. The molecular formula is C33H37F2N5O4. The van der Waals surface area contributed by atoms with Gasteiger partial charge in [0.15, 0.2) is 0 Å². The third-order valence-corrected chi connectivity index (χ3v) is 8.15. The maximum Gasteiger partial charge on any atom is 0.331 e. The van der Waals surface area contributed by atoms with Crippen LogP contribution in [-0.4, -0.2) is 54.4 Å². The van der Waals surface area contributed by atoms with Gasteiger partial charge >= 0.3 is 5.69 Å². The third kappa shape index (κ3) is 6.53. The summed E-state index contributed by atoms with van der Waals surface area (Å²) in [4.78, 5) is 32.0. The minimum absolute atomic E-state index is 0.0909. The number of halogens is 2. The van der Waals surface area contributed by atoms with Gasteiger partial charge in [-0.25, -0.2) is 13.6 Å². The Bertz CT molecular complexity index is 1690. The van der Waals surface area contributed by atoms with Crippen LogP contribution >= 0.6 is 0 Å². The monoisotopic (exact) mass is 605 g/mol. The summed E-state index contributed by atoms with van der Waals surface area (Å²) in [5.74, 6) is -0.119. The Morgan fingerprint density at radius 3 is 2.02 bits per heavy atom. The van der Waals surface area contributed by atoms with E-state index >= 15 is 0 Å². The predicted molar refractivity (Wildman–Crippen MR) is 166 cm³/mol. The molecule has 11 heteroatoms. The van der Waals surface area contributed by atoms with Crippen molar-refractivity contribution in [2.24, 2.45) is 5.73 Å². The SMILES string of the molecule is COc1cc(CN2CCN(c3c(C)n(Cc4c(F)cccc4F)c(=O)n(CC(N)c4ccccc4)c3=O)CC2)cc(OC)c1. The molecule has 2 heterocycles. The van der Waals surface area contributed by atoms with Crippen LogP contribution in [0.5, 0.6) is 11.5 Å². The van der Waals surface area contributed by atoms with Gasteiger partial charge < -0.3 is 20.1 Å². The number of methoxy groups -OCH3 is 2. The van der Waals surface area contributed by atoms with Crippen molar-refractivity contribution in [3.63, 3.8) is 0 Å². The normalized spacial score (nSPS) is 14.5. The first-order chi connectivity index (χ1) is 21.2. The molecule has 44 heavy (non-hydrogen) atoms. The summed E-state index contributed by atoms with van der Waals surface area (Å²) in [6.45, 7) is 4.14. The molecule has 5 rings (SSSR count). The molecule has 1 fully saturated rings. The van der Waals surface area contributed by atoms with Gasteiger partial charge in [0.25, 0.3) is 5.56 Å². The topological polar surface area (TPSA) is 95.0 Å². The van der Waals surface area contributed by atoms with Gasteiger partial charge in [-0.1, -0.05) is 36.4 Å². The van der Waals surface area contributed by atoms with Crippen LogP contribution in [0, 0.1) is 18.6 Å². The Morgan fingerprint density at radius 1 is 0.818 bits per heavy atom. The highest BCUT2D eigenvalue weighted by Gasteiger charge is 2.27. The molecule has 0 radical (unpaired) electrons. The number of ether oxygens (including phenoxy) is 2. The summed E-state index contributed by atoms with van der Waals surface area (Å²) in [7, 11) is 3.22. The molecule has 0 spiro atoms. The van der Waals surface area contributed by atoms with Gasteiger partial charge in [-0.3, -0.25) is 18.8 Å². The van der Waals surface area contributed by atoms with Crippen LogP contribution in [0.4, 0.5) is 14.5 Å². The fourth-order valence-electron chi connectivity index (χ4n) is 5.69. The second kappa shape index (κ2) is 13.4. The first-order valence-electron chi connectivity index (χ1n) is 14.5. The number of hydrogen-bond acceptors (Lipinski definition) is 7. The van der Waals surface area contributed by atoms with Crippen LogP contribution in [-0.2, 0) is 19.6 Å². The van der Waals surface area contributed by atoms with Crippen molar-refractivity contribution in [3.8, 4) is 11.5 Å². The van der Waals surface area contributed by atoms with E-state index < -0.39 is 28.9 Å². The van der Waals surface area contributed by atoms with Crippen molar-refractivity contribution in [2.45, 2.75) is 32.6 Å². The quantitative estimate of drug-likeness (QED) is 0.295. The fraction of sp³-hybridized carbons (Fsp3) is 0.333. The zero-order chi connectivity index (χ0) is 31.4. The molecule has 1 atom stereocenters. The lowest BCUT2D eigenvalue weighted by atomic mass is 10.1. The molecule has 1 aromatic heterocycles. The maximum absolute atomic E-state index is 14.7. The van der Waals surface area contributed by atoms with Crippen molar-refractivity contribution in [3.05, 3.63) is 122 Å². The van der Waals surface area contributed by atoms with Gasteiger partial charge in [0.2, 0.25) is 0 Å². The predicted octanol–water partition coefficient (Wildman–Crippen LogP) is 3.68. The summed E-state index contributed by atoms with van der Waals surface area (Å²) < 4.78 is 42.6. The molecule has 2 N–H and O–H groups in total. The lowest BCUT2D eigenvalue weighted by Crippen LogP contribution is -2.51. The van der Waals surface area contributed by atoms with Gasteiger partial charge in [0.1, 0.15) is 28.8 Å². The third-order valence-electron chi connectivity index (χ3n) is 8.15. The molecule has 9 nitrogen and oxygen atoms in total. The molecule has 232 valence electrons. The van der Waals surface area contributed by atoms with Crippen LogP contribution in [0.2, 0.25) is 0 Å². The molecule has 1 saturated heterocycles. The molecule has 1 aliphatic rings. The smallest absolute Gasteiger partial charge is 0.331 e. The Hall–Kier alpha value is -4.48. The summed E-state index contributed by atoms with van der Waals surface area (Å²) >= 11 is 0. The van der Waals surface area contributed by atoms with Crippen molar-refractivity contribution < 1.29 is 18.3 Å². The Kier molecular flexibility index (Phi) is 9.46. The van der Waals surface area contributed by atoms with Crippen LogP contribution in [0.25, 0.3) is 0 Å². The zero-order valence-corrected chi connectivity index (χ0v) is 25.1. The number of aromatic nitrogens is 2. The highest BCUT2D eigenvalue weighted by Crippen LogP contribution is 2.25. The largest absolute Gasteiger partial charge is 0.497 e. The number of rotatable bonds is 10. The van der Waals surface area contributed by atoms with Crippen LogP contribution in [0.15, 0.2) is 76.3 Å². The van der Waals surface area contributed by atoms with Gasteiger partial charge in [0, 0.05) is 56.1 Å². The number of nitrogens with zero attached hydrogens (tertiary/aromatic N) is 4. The average molecular weight is 606 g/mol. The van der Waals surface area contributed by atoms with Crippen LogP contribution in [0.3, 0.4) is 0 Å². The fourth-order valence-corrected chi connectivity index (χ4v) is 5.69. The van der Waals surface area contributed by atoms with Crippen molar-refractivity contribution in [1.82, 2.24) is 14.0 Å². The summed E-state index contributed by atoms with van der Waals surface area (Å²) in [5.41, 5.74) is 7.51. The van der Waals surface area contributed by atoms with E-state index in [0.29, 0.717) is 55.6 Å². The number of hydrogen-bond donors (Lipinski definition) is 1. The number of anilines is 1. The van der Waals surface area contributed by atoms with Gasteiger partial charge in [-0.15, -0.1) is 0 Å². The zero-order valence-electron chi connectivity index (χ0n) is 25.1. The first-order valence-corrected chi connectivity index (χ1v) is 14.5.